The van der Waals surface area contributed by atoms with Crippen molar-refractivity contribution in [3.05, 3.63) is 53.4 Å². The molecule has 0 radical (unpaired) electrons. The van der Waals surface area contributed by atoms with Crippen molar-refractivity contribution in [2.75, 3.05) is 26.7 Å². The van der Waals surface area contributed by atoms with Gasteiger partial charge in [0.2, 0.25) is 11.8 Å². The van der Waals surface area contributed by atoms with E-state index in [1.165, 1.54) is 0 Å². The van der Waals surface area contributed by atoms with Gasteiger partial charge >= 0.3 is 0 Å². The molecule has 0 saturated carbocycles. The molecular weight excluding hydrogens is 382 g/mol. The second-order valence-corrected chi connectivity index (χ2v) is 7.31. The Hall–Kier alpha value is -3.13. The molecule has 160 valence electrons. The molecule has 0 bridgehead atoms. The lowest BCUT2D eigenvalue weighted by molar-refractivity contribution is -0.133. The Bertz CT molecular complexity index is 921. The Kier molecular flexibility index (Phi) is 7.24. The summed E-state index contributed by atoms with van der Waals surface area (Å²) in [5, 5.41) is 9.95. The summed E-state index contributed by atoms with van der Waals surface area (Å²) in [7, 11) is 3.51. The number of rotatable bonds is 8. The number of amides is 2. The number of hydrogen-bond donors (Lipinski definition) is 2. The van der Waals surface area contributed by atoms with E-state index >= 15 is 0 Å². The van der Waals surface area contributed by atoms with E-state index in [-0.39, 0.29) is 18.2 Å². The molecule has 1 atom stereocenters. The number of hydrogen-bond acceptors (Lipinski definition) is 5. The van der Waals surface area contributed by atoms with Crippen LogP contribution in [-0.2, 0) is 23.2 Å². The minimum absolute atomic E-state index is 0.111. The maximum atomic E-state index is 12.5. The lowest BCUT2D eigenvalue weighted by Gasteiger charge is -2.33. The predicted molar refractivity (Wildman–Crippen MR) is 115 cm³/mol. The number of methoxy groups -OCH3 is 1. The van der Waals surface area contributed by atoms with Gasteiger partial charge in [0, 0.05) is 50.0 Å². The molecule has 1 saturated heterocycles. The van der Waals surface area contributed by atoms with E-state index in [0.29, 0.717) is 26.2 Å². The highest BCUT2D eigenvalue weighted by atomic mass is 16.5. The molecule has 1 fully saturated rings. The molecule has 8 nitrogen and oxygen atoms in total. The number of nitrogens with zero attached hydrogens (tertiary/aromatic N) is 3. The quantitative estimate of drug-likeness (QED) is 0.683. The highest BCUT2D eigenvalue weighted by molar-refractivity contribution is 5.88. The van der Waals surface area contributed by atoms with Crippen molar-refractivity contribution in [2.24, 2.45) is 7.05 Å². The molecule has 0 aliphatic carbocycles. The molecular formula is C22H29N5O3. The number of nitrogens with one attached hydrogen (secondary N) is 2. The second kappa shape index (κ2) is 10.1. The zero-order valence-corrected chi connectivity index (χ0v) is 17.7. The summed E-state index contributed by atoms with van der Waals surface area (Å²) in [6, 6.07) is 7.27. The maximum Gasteiger partial charge on any atom is 0.237 e. The molecule has 1 aliphatic rings. The second-order valence-electron chi connectivity index (χ2n) is 7.31. The molecule has 2 aromatic rings. The molecule has 30 heavy (non-hydrogen) atoms. The lowest BCUT2D eigenvalue weighted by atomic mass is 10.1. The van der Waals surface area contributed by atoms with Gasteiger partial charge in [0.25, 0.3) is 0 Å². The van der Waals surface area contributed by atoms with Crippen molar-refractivity contribution in [2.45, 2.75) is 25.9 Å². The van der Waals surface area contributed by atoms with Crippen LogP contribution in [-0.4, -0.2) is 59.3 Å². The van der Waals surface area contributed by atoms with Crippen LogP contribution < -0.4 is 15.4 Å². The van der Waals surface area contributed by atoms with Gasteiger partial charge < -0.3 is 15.4 Å². The van der Waals surface area contributed by atoms with Crippen molar-refractivity contribution in [3.8, 4) is 5.75 Å². The van der Waals surface area contributed by atoms with Gasteiger partial charge in [-0.3, -0.25) is 19.2 Å². The Morgan fingerprint density at radius 3 is 2.93 bits per heavy atom. The standard InChI is InChI=1S/C22H29N5O3/c1-16-18(15-25-26(16)2)14-24-21(28)13-19-22(29)23-10-12-27(19)11-6-8-17-7-4-5-9-20(17)30-3/h4-9,15,19H,10-14H2,1-3H3,(H,23,29)(H,24,28)/b8-6+. The van der Waals surface area contributed by atoms with Gasteiger partial charge in [-0.1, -0.05) is 30.4 Å². The van der Waals surface area contributed by atoms with Crippen molar-refractivity contribution in [1.29, 1.82) is 0 Å². The van der Waals surface area contributed by atoms with Crippen LogP contribution in [0.4, 0.5) is 0 Å². The number of para-hydroxylation sites is 1. The first-order chi connectivity index (χ1) is 14.5. The molecule has 1 aromatic carbocycles. The monoisotopic (exact) mass is 411 g/mol. The van der Waals surface area contributed by atoms with E-state index in [0.717, 1.165) is 22.6 Å². The molecule has 0 spiro atoms. The highest BCUT2D eigenvalue weighted by Gasteiger charge is 2.30. The normalized spacial score (nSPS) is 17.2. The van der Waals surface area contributed by atoms with Crippen LogP contribution >= 0.6 is 0 Å². The predicted octanol–water partition coefficient (Wildman–Crippen LogP) is 1.26. The summed E-state index contributed by atoms with van der Waals surface area (Å²) in [5.74, 6) is 0.533. The van der Waals surface area contributed by atoms with Crippen molar-refractivity contribution >= 4 is 17.9 Å². The van der Waals surface area contributed by atoms with Crippen LogP contribution in [0.5, 0.6) is 5.75 Å². The van der Waals surface area contributed by atoms with E-state index in [1.54, 1.807) is 18.0 Å². The number of ether oxygens (including phenoxy) is 1. The van der Waals surface area contributed by atoms with Gasteiger partial charge in [-0.25, -0.2) is 0 Å². The molecule has 1 unspecified atom stereocenters. The van der Waals surface area contributed by atoms with Crippen molar-refractivity contribution in [3.63, 3.8) is 0 Å². The van der Waals surface area contributed by atoms with Crippen LogP contribution in [0.25, 0.3) is 6.08 Å². The van der Waals surface area contributed by atoms with E-state index in [1.807, 2.05) is 55.3 Å². The fourth-order valence-corrected chi connectivity index (χ4v) is 3.48. The van der Waals surface area contributed by atoms with E-state index < -0.39 is 6.04 Å². The molecule has 1 aliphatic heterocycles. The number of carbonyl (C=O) groups excluding carboxylic acids is 2. The van der Waals surface area contributed by atoms with E-state index in [4.69, 9.17) is 4.74 Å². The van der Waals surface area contributed by atoms with E-state index in [9.17, 15) is 9.59 Å². The van der Waals surface area contributed by atoms with Crippen LogP contribution in [0.3, 0.4) is 0 Å². The first-order valence-corrected chi connectivity index (χ1v) is 10.0. The zero-order valence-electron chi connectivity index (χ0n) is 17.7. The summed E-state index contributed by atoms with van der Waals surface area (Å²) >= 11 is 0. The molecule has 2 heterocycles. The van der Waals surface area contributed by atoms with Crippen LogP contribution in [0.15, 0.2) is 36.5 Å². The van der Waals surface area contributed by atoms with Crippen molar-refractivity contribution in [1.82, 2.24) is 25.3 Å². The summed E-state index contributed by atoms with van der Waals surface area (Å²) < 4.78 is 7.13. The van der Waals surface area contributed by atoms with Crippen LogP contribution in [0.1, 0.15) is 23.2 Å². The molecule has 1 aromatic heterocycles. The number of aryl methyl sites for hydroxylation is 1. The lowest BCUT2D eigenvalue weighted by Crippen LogP contribution is -2.56. The van der Waals surface area contributed by atoms with Crippen LogP contribution in [0.2, 0.25) is 0 Å². The summed E-state index contributed by atoms with van der Waals surface area (Å²) in [6.07, 6.45) is 5.85. The van der Waals surface area contributed by atoms with Crippen LogP contribution in [0, 0.1) is 6.92 Å². The molecule has 3 rings (SSSR count). The van der Waals surface area contributed by atoms with Gasteiger partial charge in [0.05, 0.1) is 25.8 Å². The largest absolute Gasteiger partial charge is 0.496 e. The number of carbonyl (C=O) groups is 2. The number of aromatic nitrogens is 2. The topological polar surface area (TPSA) is 88.5 Å². The van der Waals surface area contributed by atoms with Crippen molar-refractivity contribution < 1.29 is 14.3 Å². The average molecular weight is 412 g/mol. The van der Waals surface area contributed by atoms with Gasteiger partial charge in [0.1, 0.15) is 5.75 Å². The SMILES string of the molecule is COc1ccccc1/C=C/CN1CCNC(=O)C1CC(=O)NCc1cnn(C)c1C. The molecule has 2 amide bonds. The van der Waals surface area contributed by atoms with Gasteiger partial charge in [-0.05, 0) is 13.0 Å². The molecule has 8 heteroatoms. The van der Waals surface area contributed by atoms with Gasteiger partial charge in [-0.15, -0.1) is 0 Å². The van der Waals surface area contributed by atoms with E-state index in [2.05, 4.69) is 15.7 Å². The fourth-order valence-electron chi connectivity index (χ4n) is 3.48. The first kappa shape index (κ1) is 21.6. The Morgan fingerprint density at radius 1 is 1.40 bits per heavy atom. The average Bonchev–Trinajstić information content (AvgIpc) is 3.07. The third-order valence-corrected chi connectivity index (χ3v) is 5.41. The summed E-state index contributed by atoms with van der Waals surface area (Å²) in [5.41, 5.74) is 2.95. The third kappa shape index (κ3) is 5.27. The third-order valence-electron chi connectivity index (χ3n) is 5.41. The Morgan fingerprint density at radius 2 is 2.20 bits per heavy atom. The molecule has 2 N–H and O–H groups in total. The Labute approximate surface area is 176 Å². The number of benzene rings is 1. The maximum absolute atomic E-state index is 12.5. The minimum Gasteiger partial charge on any atom is -0.496 e. The minimum atomic E-state index is -0.490. The van der Waals surface area contributed by atoms with Gasteiger partial charge in [0.15, 0.2) is 0 Å². The zero-order chi connectivity index (χ0) is 21.5. The smallest absolute Gasteiger partial charge is 0.237 e. The highest BCUT2D eigenvalue weighted by Crippen LogP contribution is 2.19. The van der Waals surface area contributed by atoms with Gasteiger partial charge in [-0.2, -0.15) is 5.10 Å². The Balaban J connectivity index is 1.58. The number of piperazine rings is 1. The fraction of sp³-hybridized carbons (Fsp3) is 0.409. The summed E-state index contributed by atoms with van der Waals surface area (Å²) in [6.45, 7) is 4.21. The summed E-state index contributed by atoms with van der Waals surface area (Å²) in [4.78, 5) is 26.9. The first-order valence-electron chi connectivity index (χ1n) is 10.0.